The van der Waals surface area contributed by atoms with Gasteiger partial charge in [0.15, 0.2) is 0 Å². The molecular formula is C18H25N3O6. The molecule has 1 aromatic rings. The SMILES string of the molecule is CCN1CC(CCN2CCCC2)Oc2ncccc2C1=O.O=C(O)C(=O)O. The van der Waals surface area contributed by atoms with E-state index in [9.17, 15) is 4.79 Å². The van der Waals surface area contributed by atoms with Crippen LogP contribution in [-0.2, 0) is 9.59 Å². The number of nitrogens with zero attached hydrogens (tertiary/aromatic N) is 3. The first-order valence-electron chi connectivity index (χ1n) is 9.01. The fourth-order valence-corrected chi connectivity index (χ4v) is 3.10. The van der Waals surface area contributed by atoms with Gasteiger partial charge in [0.1, 0.15) is 11.7 Å². The maximum Gasteiger partial charge on any atom is 0.414 e. The van der Waals surface area contributed by atoms with Crippen LogP contribution in [0.15, 0.2) is 18.3 Å². The van der Waals surface area contributed by atoms with Gasteiger partial charge in [-0.3, -0.25) is 4.79 Å². The lowest BCUT2D eigenvalue weighted by molar-refractivity contribution is -0.159. The number of aromatic nitrogens is 1. The maximum absolute atomic E-state index is 12.5. The summed E-state index contributed by atoms with van der Waals surface area (Å²) in [5.74, 6) is -3.13. The number of hydrogen-bond donors (Lipinski definition) is 2. The first kappa shape index (κ1) is 20.6. The van der Waals surface area contributed by atoms with Gasteiger partial charge in [-0.25, -0.2) is 14.6 Å². The molecule has 0 saturated carbocycles. The quantitative estimate of drug-likeness (QED) is 0.742. The largest absolute Gasteiger partial charge is 0.473 e. The molecule has 0 spiro atoms. The number of rotatable bonds is 4. The Balaban J connectivity index is 0.000000380. The van der Waals surface area contributed by atoms with Crippen molar-refractivity contribution in [3.05, 3.63) is 23.9 Å². The van der Waals surface area contributed by atoms with Gasteiger partial charge in [0.25, 0.3) is 5.91 Å². The number of fused-ring (bicyclic) bond motifs is 1. The van der Waals surface area contributed by atoms with E-state index >= 15 is 0 Å². The van der Waals surface area contributed by atoms with Crippen LogP contribution < -0.4 is 4.74 Å². The summed E-state index contributed by atoms with van der Waals surface area (Å²) in [4.78, 5) is 39.3. The van der Waals surface area contributed by atoms with Gasteiger partial charge in [-0.05, 0) is 51.4 Å². The van der Waals surface area contributed by atoms with E-state index in [-0.39, 0.29) is 12.0 Å². The lowest BCUT2D eigenvalue weighted by Crippen LogP contribution is -2.38. The minimum atomic E-state index is -1.82. The molecule has 0 radical (unpaired) electrons. The number of carboxylic acids is 2. The van der Waals surface area contributed by atoms with Crippen LogP contribution in [0.1, 0.15) is 36.5 Å². The number of likely N-dealkylation sites (N-methyl/N-ethyl adjacent to an activating group) is 1. The number of carbonyl (C=O) groups is 3. The Hall–Kier alpha value is -2.68. The first-order chi connectivity index (χ1) is 12.9. The summed E-state index contributed by atoms with van der Waals surface area (Å²) in [5, 5.41) is 14.8. The van der Waals surface area contributed by atoms with Crippen molar-refractivity contribution in [2.75, 3.05) is 32.7 Å². The summed E-state index contributed by atoms with van der Waals surface area (Å²) >= 11 is 0. The second-order valence-corrected chi connectivity index (χ2v) is 6.39. The third kappa shape index (κ3) is 5.92. The van der Waals surface area contributed by atoms with Crippen molar-refractivity contribution < 1.29 is 29.3 Å². The second-order valence-electron chi connectivity index (χ2n) is 6.39. The van der Waals surface area contributed by atoms with Crippen LogP contribution in [0.25, 0.3) is 0 Å². The number of carbonyl (C=O) groups excluding carboxylic acids is 1. The minimum Gasteiger partial charge on any atom is -0.473 e. The van der Waals surface area contributed by atoms with Crippen LogP contribution in [0.5, 0.6) is 5.88 Å². The lowest BCUT2D eigenvalue weighted by Gasteiger charge is -2.24. The van der Waals surface area contributed by atoms with Crippen molar-refractivity contribution in [3.8, 4) is 5.88 Å². The summed E-state index contributed by atoms with van der Waals surface area (Å²) in [5.41, 5.74) is 0.586. The zero-order valence-electron chi connectivity index (χ0n) is 15.3. The molecule has 148 valence electrons. The van der Waals surface area contributed by atoms with E-state index in [0.29, 0.717) is 24.5 Å². The number of amides is 1. The molecule has 0 aromatic carbocycles. The molecule has 2 aliphatic rings. The Bertz CT molecular complexity index is 663. The van der Waals surface area contributed by atoms with E-state index in [1.807, 2.05) is 11.8 Å². The van der Waals surface area contributed by atoms with E-state index in [1.165, 1.54) is 25.9 Å². The average molecular weight is 379 g/mol. The van der Waals surface area contributed by atoms with Gasteiger partial charge >= 0.3 is 11.9 Å². The Morgan fingerprint density at radius 2 is 1.93 bits per heavy atom. The van der Waals surface area contributed by atoms with Crippen molar-refractivity contribution in [2.45, 2.75) is 32.3 Å². The van der Waals surface area contributed by atoms with Gasteiger partial charge in [-0.2, -0.15) is 0 Å². The second kappa shape index (κ2) is 9.86. The fourth-order valence-electron chi connectivity index (χ4n) is 3.10. The number of ether oxygens (including phenoxy) is 1. The molecule has 1 unspecified atom stereocenters. The van der Waals surface area contributed by atoms with Gasteiger partial charge < -0.3 is 24.7 Å². The molecule has 1 fully saturated rings. The van der Waals surface area contributed by atoms with Gasteiger partial charge in [-0.1, -0.05) is 0 Å². The predicted molar refractivity (Wildman–Crippen MR) is 95.8 cm³/mol. The third-order valence-corrected chi connectivity index (χ3v) is 4.52. The molecule has 27 heavy (non-hydrogen) atoms. The smallest absolute Gasteiger partial charge is 0.414 e. The number of likely N-dealkylation sites (tertiary alicyclic amines) is 1. The van der Waals surface area contributed by atoms with Crippen molar-refractivity contribution in [1.29, 1.82) is 0 Å². The number of pyridine rings is 1. The Kier molecular flexibility index (Phi) is 7.54. The Morgan fingerprint density at radius 3 is 2.52 bits per heavy atom. The summed E-state index contributed by atoms with van der Waals surface area (Å²) in [6.45, 7) is 6.79. The van der Waals surface area contributed by atoms with E-state index < -0.39 is 11.9 Å². The highest BCUT2D eigenvalue weighted by molar-refractivity contribution is 6.27. The molecule has 2 N–H and O–H groups in total. The maximum atomic E-state index is 12.5. The van der Waals surface area contributed by atoms with Crippen LogP contribution >= 0.6 is 0 Å². The highest BCUT2D eigenvalue weighted by atomic mass is 16.5. The molecule has 3 rings (SSSR count). The van der Waals surface area contributed by atoms with Crippen LogP contribution in [0.4, 0.5) is 0 Å². The molecule has 3 heterocycles. The molecule has 2 aliphatic heterocycles. The molecule has 1 aromatic heterocycles. The van der Waals surface area contributed by atoms with Crippen LogP contribution in [0, 0.1) is 0 Å². The molecule has 1 amide bonds. The van der Waals surface area contributed by atoms with Crippen molar-refractivity contribution in [3.63, 3.8) is 0 Å². The summed E-state index contributed by atoms with van der Waals surface area (Å²) in [6, 6.07) is 3.59. The summed E-state index contributed by atoms with van der Waals surface area (Å²) in [7, 11) is 0. The minimum absolute atomic E-state index is 0.0317. The summed E-state index contributed by atoms with van der Waals surface area (Å²) < 4.78 is 6.02. The normalized spacial score (nSPS) is 19.4. The molecule has 1 saturated heterocycles. The third-order valence-electron chi connectivity index (χ3n) is 4.52. The molecule has 1 atom stereocenters. The van der Waals surface area contributed by atoms with Crippen LogP contribution in [-0.4, -0.2) is 81.7 Å². The van der Waals surface area contributed by atoms with Crippen molar-refractivity contribution in [2.24, 2.45) is 0 Å². The topological polar surface area (TPSA) is 120 Å². The van der Waals surface area contributed by atoms with E-state index in [0.717, 1.165) is 13.0 Å². The lowest BCUT2D eigenvalue weighted by atomic mass is 10.2. The Labute approximate surface area is 157 Å². The zero-order chi connectivity index (χ0) is 19.8. The number of aliphatic carboxylic acids is 2. The predicted octanol–water partition coefficient (Wildman–Crippen LogP) is 0.946. The van der Waals surface area contributed by atoms with Gasteiger partial charge in [0.2, 0.25) is 5.88 Å². The molecular weight excluding hydrogens is 354 g/mol. The zero-order valence-corrected chi connectivity index (χ0v) is 15.3. The van der Waals surface area contributed by atoms with Crippen LogP contribution in [0.2, 0.25) is 0 Å². The van der Waals surface area contributed by atoms with Crippen molar-refractivity contribution in [1.82, 2.24) is 14.8 Å². The van der Waals surface area contributed by atoms with Gasteiger partial charge in [0, 0.05) is 19.3 Å². The standard InChI is InChI=1S/C16H23N3O2.C2H2O4/c1-2-19-12-13(7-11-18-9-3-4-10-18)21-15-14(16(19)20)6-5-8-17-15;3-1(4)2(5)6/h5-6,8,13H,2-4,7,9-12H2,1H3;(H,3,4)(H,5,6). The molecule has 9 heteroatoms. The fraction of sp³-hybridized carbons (Fsp3) is 0.556. The highest BCUT2D eigenvalue weighted by Gasteiger charge is 2.29. The first-order valence-corrected chi connectivity index (χ1v) is 9.01. The van der Waals surface area contributed by atoms with Crippen LogP contribution in [0.3, 0.4) is 0 Å². The Morgan fingerprint density at radius 1 is 1.26 bits per heavy atom. The molecule has 0 bridgehead atoms. The van der Waals surface area contributed by atoms with E-state index in [1.54, 1.807) is 18.3 Å². The average Bonchev–Trinajstić information content (AvgIpc) is 3.13. The highest BCUT2D eigenvalue weighted by Crippen LogP contribution is 2.23. The van der Waals surface area contributed by atoms with E-state index in [4.69, 9.17) is 24.5 Å². The van der Waals surface area contributed by atoms with Gasteiger partial charge in [0.05, 0.1) is 6.54 Å². The summed E-state index contributed by atoms with van der Waals surface area (Å²) in [6.07, 6.45) is 5.27. The monoisotopic (exact) mass is 379 g/mol. The van der Waals surface area contributed by atoms with Gasteiger partial charge in [-0.15, -0.1) is 0 Å². The van der Waals surface area contributed by atoms with E-state index in [2.05, 4.69) is 9.88 Å². The van der Waals surface area contributed by atoms with Crippen molar-refractivity contribution >= 4 is 17.8 Å². The number of carboxylic acid groups (broad SMARTS) is 2. The molecule has 9 nitrogen and oxygen atoms in total. The molecule has 0 aliphatic carbocycles. The number of hydrogen-bond acceptors (Lipinski definition) is 6.